The van der Waals surface area contributed by atoms with Crippen LogP contribution in [0.25, 0.3) is 0 Å². The molecule has 3 rings (SSSR count). The molecule has 2 heterocycles. The lowest BCUT2D eigenvalue weighted by molar-refractivity contribution is -0.124. The molecule has 0 radical (unpaired) electrons. The zero-order chi connectivity index (χ0) is 15.7. The standard InChI is InChI=1S/C14H18N2O5S/c1-22(18,19)16-6-2-3-11(16)14(17)15-8-10-4-5-12-13(7-10)21-9-20-12/h4-5,7,11H,2-3,6,8-9H2,1H3,(H,15,17)/t11-/m0/s1. The quantitative estimate of drug-likeness (QED) is 0.869. The molecule has 0 bridgehead atoms. The summed E-state index contributed by atoms with van der Waals surface area (Å²) in [5, 5.41) is 2.79. The van der Waals surface area contributed by atoms with Gasteiger partial charge in [0.15, 0.2) is 11.5 Å². The van der Waals surface area contributed by atoms with Crippen LogP contribution in [0, 0.1) is 0 Å². The fourth-order valence-corrected chi connectivity index (χ4v) is 3.88. The molecule has 0 saturated carbocycles. The van der Waals surface area contributed by atoms with E-state index >= 15 is 0 Å². The van der Waals surface area contributed by atoms with E-state index < -0.39 is 16.1 Å². The Morgan fingerprint density at radius 2 is 2.14 bits per heavy atom. The average molecular weight is 326 g/mol. The predicted octanol–water partition coefficient (Wildman–Crippen LogP) is 0.456. The molecule has 0 aliphatic carbocycles. The highest BCUT2D eigenvalue weighted by Crippen LogP contribution is 2.32. The molecule has 2 aliphatic heterocycles. The van der Waals surface area contributed by atoms with Gasteiger partial charge in [0.05, 0.1) is 6.26 Å². The van der Waals surface area contributed by atoms with Gasteiger partial charge in [-0.25, -0.2) is 8.42 Å². The number of hydrogen-bond donors (Lipinski definition) is 1. The van der Waals surface area contributed by atoms with Crippen LogP contribution >= 0.6 is 0 Å². The molecule has 8 heteroatoms. The highest BCUT2D eigenvalue weighted by molar-refractivity contribution is 7.88. The van der Waals surface area contributed by atoms with Crippen LogP contribution in [-0.4, -0.2) is 44.3 Å². The minimum atomic E-state index is -3.35. The van der Waals surface area contributed by atoms with Crippen LogP contribution < -0.4 is 14.8 Å². The maximum absolute atomic E-state index is 12.2. The van der Waals surface area contributed by atoms with E-state index in [4.69, 9.17) is 9.47 Å². The molecular weight excluding hydrogens is 308 g/mol. The van der Waals surface area contributed by atoms with Crippen LogP contribution in [0.4, 0.5) is 0 Å². The average Bonchev–Trinajstić information content (AvgIpc) is 3.12. The number of amides is 1. The van der Waals surface area contributed by atoms with Crippen molar-refractivity contribution in [2.45, 2.75) is 25.4 Å². The van der Waals surface area contributed by atoms with E-state index in [1.54, 1.807) is 6.07 Å². The predicted molar refractivity (Wildman–Crippen MR) is 79.0 cm³/mol. The number of nitrogens with one attached hydrogen (secondary N) is 1. The fraction of sp³-hybridized carbons (Fsp3) is 0.500. The third kappa shape index (κ3) is 3.02. The Labute approximate surface area is 129 Å². The van der Waals surface area contributed by atoms with Crippen LogP contribution in [0.3, 0.4) is 0 Å². The van der Waals surface area contributed by atoms with Gasteiger partial charge in [-0.2, -0.15) is 4.31 Å². The monoisotopic (exact) mass is 326 g/mol. The van der Waals surface area contributed by atoms with Gasteiger partial charge in [-0.3, -0.25) is 4.79 Å². The molecule has 1 saturated heterocycles. The first-order valence-electron chi connectivity index (χ1n) is 7.08. The van der Waals surface area contributed by atoms with E-state index in [2.05, 4.69) is 5.32 Å². The Bertz CT molecular complexity index is 688. The molecule has 7 nitrogen and oxygen atoms in total. The molecule has 1 aromatic rings. The van der Waals surface area contributed by atoms with Gasteiger partial charge in [0.1, 0.15) is 6.04 Å². The smallest absolute Gasteiger partial charge is 0.238 e. The van der Waals surface area contributed by atoms with Crippen molar-refractivity contribution in [3.8, 4) is 11.5 Å². The largest absolute Gasteiger partial charge is 0.454 e. The normalized spacial score (nSPS) is 21.0. The second kappa shape index (κ2) is 5.77. The van der Waals surface area contributed by atoms with Crippen molar-refractivity contribution in [2.75, 3.05) is 19.6 Å². The number of nitrogens with zero attached hydrogens (tertiary/aromatic N) is 1. The zero-order valence-corrected chi connectivity index (χ0v) is 13.1. The van der Waals surface area contributed by atoms with Crippen molar-refractivity contribution < 1.29 is 22.7 Å². The molecule has 22 heavy (non-hydrogen) atoms. The molecule has 0 aromatic heterocycles. The Hall–Kier alpha value is -1.80. The number of rotatable bonds is 4. The highest BCUT2D eigenvalue weighted by Gasteiger charge is 2.36. The summed E-state index contributed by atoms with van der Waals surface area (Å²) in [6.45, 7) is 0.932. The first-order valence-corrected chi connectivity index (χ1v) is 8.93. The van der Waals surface area contributed by atoms with Crippen LogP contribution in [0.2, 0.25) is 0 Å². The van der Waals surface area contributed by atoms with Crippen LogP contribution in [0.15, 0.2) is 18.2 Å². The Morgan fingerprint density at radius 1 is 1.36 bits per heavy atom. The van der Waals surface area contributed by atoms with Crippen LogP contribution in [0.5, 0.6) is 11.5 Å². The van der Waals surface area contributed by atoms with E-state index in [-0.39, 0.29) is 12.7 Å². The van der Waals surface area contributed by atoms with Gasteiger partial charge in [-0.05, 0) is 30.5 Å². The molecule has 0 spiro atoms. The number of sulfonamides is 1. The van der Waals surface area contributed by atoms with Crippen LogP contribution in [-0.2, 0) is 21.4 Å². The third-order valence-corrected chi connectivity index (χ3v) is 5.13. The second-order valence-corrected chi connectivity index (χ2v) is 7.37. The maximum Gasteiger partial charge on any atom is 0.238 e. The number of benzene rings is 1. The number of carbonyl (C=O) groups is 1. The van der Waals surface area contributed by atoms with Gasteiger partial charge in [0.25, 0.3) is 0 Å². The second-order valence-electron chi connectivity index (χ2n) is 5.44. The van der Waals surface area contributed by atoms with Gasteiger partial charge in [-0.1, -0.05) is 6.07 Å². The summed E-state index contributed by atoms with van der Waals surface area (Å²) in [5.41, 5.74) is 0.876. The molecular formula is C14H18N2O5S. The van der Waals surface area contributed by atoms with Crippen LogP contribution in [0.1, 0.15) is 18.4 Å². The topological polar surface area (TPSA) is 84.9 Å². The summed E-state index contributed by atoms with van der Waals surface area (Å²) in [6.07, 6.45) is 2.39. The number of hydrogen-bond acceptors (Lipinski definition) is 5. The molecule has 2 aliphatic rings. The zero-order valence-electron chi connectivity index (χ0n) is 12.2. The van der Waals surface area contributed by atoms with E-state index in [0.717, 1.165) is 11.8 Å². The first-order chi connectivity index (χ1) is 10.4. The summed E-state index contributed by atoms with van der Waals surface area (Å²) in [5.74, 6) is 1.08. The summed E-state index contributed by atoms with van der Waals surface area (Å²) < 4.78 is 35.1. The molecule has 1 N–H and O–H groups in total. The highest BCUT2D eigenvalue weighted by atomic mass is 32.2. The van der Waals surface area contributed by atoms with Crippen molar-refractivity contribution in [3.63, 3.8) is 0 Å². The van der Waals surface area contributed by atoms with Gasteiger partial charge >= 0.3 is 0 Å². The summed E-state index contributed by atoms with van der Waals surface area (Å²) in [7, 11) is -3.35. The van der Waals surface area contributed by atoms with Gasteiger partial charge in [0.2, 0.25) is 22.7 Å². The molecule has 0 unspecified atom stereocenters. The van der Waals surface area contributed by atoms with E-state index in [0.29, 0.717) is 37.4 Å². The van der Waals surface area contributed by atoms with Gasteiger partial charge < -0.3 is 14.8 Å². The summed E-state index contributed by atoms with van der Waals surface area (Å²) in [4.78, 5) is 12.2. The minimum absolute atomic E-state index is 0.205. The molecule has 120 valence electrons. The lowest BCUT2D eigenvalue weighted by atomic mass is 10.2. The summed E-state index contributed by atoms with van der Waals surface area (Å²) >= 11 is 0. The summed E-state index contributed by atoms with van der Waals surface area (Å²) in [6, 6.07) is 4.84. The lowest BCUT2D eigenvalue weighted by Gasteiger charge is -2.21. The fourth-order valence-electron chi connectivity index (χ4n) is 2.76. The number of ether oxygens (including phenoxy) is 2. The van der Waals surface area contributed by atoms with Crippen molar-refractivity contribution in [1.29, 1.82) is 0 Å². The van der Waals surface area contributed by atoms with E-state index in [1.165, 1.54) is 4.31 Å². The maximum atomic E-state index is 12.2. The van der Waals surface area contributed by atoms with Crippen molar-refractivity contribution >= 4 is 15.9 Å². The molecule has 1 atom stereocenters. The molecule has 1 amide bonds. The van der Waals surface area contributed by atoms with Gasteiger partial charge in [-0.15, -0.1) is 0 Å². The minimum Gasteiger partial charge on any atom is -0.454 e. The third-order valence-electron chi connectivity index (χ3n) is 3.84. The Morgan fingerprint density at radius 3 is 2.91 bits per heavy atom. The van der Waals surface area contributed by atoms with Crippen molar-refractivity contribution in [1.82, 2.24) is 9.62 Å². The molecule has 1 aromatic carbocycles. The van der Waals surface area contributed by atoms with E-state index in [9.17, 15) is 13.2 Å². The van der Waals surface area contributed by atoms with Crippen molar-refractivity contribution in [3.05, 3.63) is 23.8 Å². The lowest BCUT2D eigenvalue weighted by Crippen LogP contribution is -2.45. The SMILES string of the molecule is CS(=O)(=O)N1CCC[C@H]1C(=O)NCc1ccc2c(c1)OCO2. The van der Waals surface area contributed by atoms with E-state index in [1.807, 2.05) is 12.1 Å². The van der Waals surface area contributed by atoms with Gasteiger partial charge in [0, 0.05) is 13.1 Å². The Kier molecular flexibility index (Phi) is 3.96. The van der Waals surface area contributed by atoms with Crippen molar-refractivity contribution in [2.24, 2.45) is 0 Å². The first kappa shape index (κ1) is 15.1. The molecule has 1 fully saturated rings. The Balaban J connectivity index is 1.63. The number of carbonyl (C=O) groups excluding carboxylic acids is 1. The number of fused-ring (bicyclic) bond motifs is 1.